The molecule has 17 heavy (non-hydrogen) atoms. The first-order chi connectivity index (χ1) is 8.06. The van der Waals surface area contributed by atoms with Crippen LogP contribution in [0.2, 0.25) is 0 Å². The normalized spacial score (nSPS) is 25.8. The molecule has 1 aliphatic rings. The lowest BCUT2D eigenvalue weighted by molar-refractivity contribution is 0.101. The van der Waals surface area contributed by atoms with Crippen molar-refractivity contribution in [3.8, 4) is 0 Å². The highest BCUT2D eigenvalue weighted by atomic mass is 79.9. The first-order valence-corrected chi connectivity index (χ1v) is 8.18. The third-order valence-corrected chi connectivity index (χ3v) is 6.03. The van der Waals surface area contributed by atoms with Gasteiger partial charge in [-0.2, -0.15) is 11.3 Å². The SMILES string of the molecule is CNC(c1cscc1Br)C1CCCCC1(C)C. The van der Waals surface area contributed by atoms with Gasteiger partial charge in [0, 0.05) is 15.9 Å². The maximum atomic E-state index is 3.68. The van der Waals surface area contributed by atoms with Crippen molar-refractivity contribution in [1.29, 1.82) is 0 Å². The van der Waals surface area contributed by atoms with Gasteiger partial charge in [0.1, 0.15) is 0 Å². The highest BCUT2D eigenvalue weighted by Gasteiger charge is 2.38. The minimum absolute atomic E-state index is 0.452. The van der Waals surface area contributed by atoms with Crippen LogP contribution in [0.1, 0.15) is 51.1 Å². The molecule has 2 rings (SSSR count). The number of hydrogen-bond donors (Lipinski definition) is 1. The van der Waals surface area contributed by atoms with E-state index >= 15 is 0 Å². The molecule has 0 amide bonds. The van der Waals surface area contributed by atoms with Crippen molar-refractivity contribution in [2.45, 2.75) is 45.6 Å². The Morgan fingerprint density at radius 2 is 2.18 bits per heavy atom. The van der Waals surface area contributed by atoms with Crippen LogP contribution >= 0.6 is 27.3 Å². The summed E-state index contributed by atoms with van der Waals surface area (Å²) >= 11 is 5.47. The fraction of sp³-hybridized carbons (Fsp3) is 0.714. The van der Waals surface area contributed by atoms with E-state index in [1.807, 2.05) is 0 Å². The third-order valence-electron chi connectivity index (χ3n) is 4.28. The topological polar surface area (TPSA) is 12.0 Å². The first-order valence-electron chi connectivity index (χ1n) is 6.45. The number of rotatable bonds is 3. The standard InChI is InChI=1S/C14H22BrNS/c1-14(2)7-5-4-6-11(14)13(16-3)10-8-17-9-12(10)15/h8-9,11,13,16H,4-7H2,1-3H3. The zero-order chi connectivity index (χ0) is 12.5. The molecule has 0 aromatic carbocycles. The molecule has 1 N–H and O–H groups in total. The zero-order valence-corrected chi connectivity index (χ0v) is 13.3. The van der Waals surface area contributed by atoms with Crippen molar-refractivity contribution >= 4 is 27.3 Å². The lowest BCUT2D eigenvalue weighted by Gasteiger charge is -2.43. The summed E-state index contributed by atoms with van der Waals surface area (Å²) < 4.78 is 1.27. The lowest BCUT2D eigenvalue weighted by atomic mass is 9.65. The van der Waals surface area contributed by atoms with Crippen molar-refractivity contribution in [2.75, 3.05) is 7.05 Å². The van der Waals surface area contributed by atoms with Crippen LogP contribution in [-0.2, 0) is 0 Å². The molecule has 0 aliphatic heterocycles. The molecule has 96 valence electrons. The van der Waals surface area contributed by atoms with Crippen LogP contribution < -0.4 is 5.32 Å². The number of hydrogen-bond acceptors (Lipinski definition) is 2. The van der Waals surface area contributed by atoms with Crippen molar-refractivity contribution in [1.82, 2.24) is 5.32 Å². The molecule has 1 heterocycles. The quantitative estimate of drug-likeness (QED) is 0.828. The molecule has 2 unspecified atom stereocenters. The minimum atomic E-state index is 0.452. The molecule has 1 fully saturated rings. The van der Waals surface area contributed by atoms with Gasteiger partial charge in [-0.3, -0.25) is 0 Å². The Morgan fingerprint density at radius 3 is 2.71 bits per heavy atom. The highest BCUT2D eigenvalue weighted by Crippen LogP contribution is 2.48. The summed E-state index contributed by atoms with van der Waals surface area (Å²) in [7, 11) is 2.10. The molecular formula is C14H22BrNS. The van der Waals surface area contributed by atoms with E-state index < -0.39 is 0 Å². The van der Waals surface area contributed by atoms with E-state index in [9.17, 15) is 0 Å². The summed E-state index contributed by atoms with van der Waals surface area (Å²) in [5.74, 6) is 0.743. The number of nitrogens with one attached hydrogen (secondary N) is 1. The molecule has 2 atom stereocenters. The van der Waals surface area contributed by atoms with Gasteiger partial charge in [-0.15, -0.1) is 0 Å². The molecule has 1 aromatic rings. The number of thiophene rings is 1. The van der Waals surface area contributed by atoms with Crippen molar-refractivity contribution < 1.29 is 0 Å². The molecule has 1 aromatic heterocycles. The van der Waals surface area contributed by atoms with Gasteiger partial charge in [-0.1, -0.05) is 26.7 Å². The van der Waals surface area contributed by atoms with Gasteiger partial charge < -0.3 is 5.32 Å². The molecule has 1 aliphatic carbocycles. The molecule has 1 nitrogen and oxygen atoms in total. The van der Waals surface area contributed by atoms with E-state index in [1.54, 1.807) is 11.3 Å². The zero-order valence-electron chi connectivity index (χ0n) is 10.9. The molecule has 0 radical (unpaired) electrons. The van der Waals surface area contributed by atoms with Gasteiger partial charge in [-0.25, -0.2) is 0 Å². The molecule has 3 heteroatoms. The fourth-order valence-corrected chi connectivity index (χ4v) is 4.81. The highest BCUT2D eigenvalue weighted by molar-refractivity contribution is 9.10. The van der Waals surface area contributed by atoms with Gasteiger partial charge in [-0.05, 0) is 58.1 Å². The van der Waals surface area contributed by atoms with Crippen LogP contribution in [0.3, 0.4) is 0 Å². The van der Waals surface area contributed by atoms with Crippen molar-refractivity contribution in [2.24, 2.45) is 11.3 Å². The predicted octanol–water partition coefficient (Wildman–Crippen LogP) is 4.99. The second kappa shape index (κ2) is 5.41. The van der Waals surface area contributed by atoms with Gasteiger partial charge >= 0.3 is 0 Å². The fourth-order valence-electron chi connectivity index (χ4n) is 3.23. The smallest absolute Gasteiger partial charge is 0.0370 e. The molecule has 0 saturated heterocycles. The van der Waals surface area contributed by atoms with Crippen LogP contribution in [0.5, 0.6) is 0 Å². The molecule has 0 bridgehead atoms. The van der Waals surface area contributed by atoms with Crippen LogP contribution in [0.25, 0.3) is 0 Å². The summed E-state index contributed by atoms with van der Waals surface area (Å²) in [6, 6.07) is 0.492. The maximum Gasteiger partial charge on any atom is 0.0370 e. The minimum Gasteiger partial charge on any atom is -0.313 e. The predicted molar refractivity (Wildman–Crippen MR) is 79.6 cm³/mol. The molecule has 1 saturated carbocycles. The van der Waals surface area contributed by atoms with Crippen molar-refractivity contribution in [3.05, 3.63) is 20.8 Å². The summed E-state index contributed by atoms with van der Waals surface area (Å²) in [6.07, 6.45) is 5.48. The van der Waals surface area contributed by atoms with Crippen LogP contribution in [0, 0.1) is 11.3 Å². The van der Waals surface area contributed by atoms with Crippen LogP contribution in [0.15, 0.2) is 15.2 Å². The Kier molecular flexibility index (Phi) is 4.32. The lowest BCUT2D eigenvalue weighted by Crippen LogP contribution is -2.37. The van der Waals surface area contributed by atoms with E-state index in [-0.39, 0.29) is 0 Å². The Balaban J connectivity index is 2.26. The summed E-state index contributed by atoms with van der Waals surface area (Å²) in [5.41, 5.74) is 1.89. The molecular weight excluding hydrogens is 294 g/mol. The molecule has 0 spiro atoms. The maximum absolute atomic E-state index is 3.68. The Hall–Kier alpha value is 0.140. The average molecular weight is 316 g/mol. The average Bonchev–Trinajstić information content (AvgIpc) is 2.68. The summed E-state index contributed by atoms with van der Waals surface area (Å²) in [6.45, 7) is 4.86. The van der Waals surface area contributed by atoms with Gasteiger partial charge in [0.25, 0.3) is 0 Å². The second-order valence-electron chi connectivity index (χ2n) is 5.78. The van der Waals surface area contributed by atoms with Gasteiger partial charge in [0.05, 0.1) is 0 Å². The van der Waals surface area contributed by atoms with E-state index in [4.69, 9.17) is 0 Å². The van der Waals surface area contributed by atoms with Gasteiger partial charge in [0.2, 0.25) is 0 Å². The Bertz CT molecular complexity index is 372. The first kappa shape index (κ1) is 13.6. The summed E-state index contributed by atoms with van der Waals surface area (Å²) in [4.78, 5) is 0. The second-order valence-corrected chi connectivity index (χ2v) is 7.38. The van der Waals surface area contributed by atoms with E-state index in [2.05, 4.69) is 52.9 Å². The van der Waals surface area contributed by atoms with Crippen LogP contribution in [0.4, 0.5) is 0 Å². The Labute approximate surface area is 117 Å². The Morgan fingerprint density at radius 1 is 1.41 bits per heavy atom. The van der Waals surface area contributed by atoms with E-state index in [1.165, 1.54) is 35.7 Å². The van der Waals surface area contributed by atoms with Gasteiger partial charge in [0.15, 0.2) is 0 Å². The summed E-state index contributed by atoms with van der Waals surface area (Å²) in [5, 5.41) is 8.02. The largest absolute Gasteiger partial charge is 0.313 e. The monoisotopic (exact) mass is 315 g/mol. The number of halogens is 1. The third kappa shape index (κ3) is 2.77. The van der Waals surface area contributed by atoms with E-state index in [0.717, 1.165) is 5.92 Å². The van der Waals surface area contributed by atoms with Crippen molar-refractivity contribution in [3.63, 3.8) is 0 Å². The van der Waals surface area contributed by atoms with Crippen LogP contribution in [-0.4, -0.2) is 7.05 Å². The van der Waals surface area contributed by atoms with E-state index in [0.29, 0.717) is 11.5 Å².